The second kappa shape index (κ2) is 4.72. The Morgan fingerprint density at radius 1 is 1.33 bits per heavy atom. The van der Waals surface area contributed by atoms with Crippen LogP contribution in [0.4, 0.5) is 4.79 Å². The molecule has 2 fully saturated rings. The number of hydrogen-bond donors (Lipinski definition) is 1. The number of carbonyl (C=O) groups is 1. The lowest BCUT2D eigenvalue weighted by molar-refractivity contribution is 0.0282. The van der Waals surface area contributed by atoms with E-state index in [2.05, 4.69) is 0 Å². The molecule has 1 unspecified atom stereocenters. The molecule has 0 spiro atoms. The van der Waals surface area contributed by atoms with Crippen molar-refractivity contribution in [3.63, 3.8) is 0 Å². The van der Waals surface area contributed by atoms with E-state index in [9.17, 15) is 4.79 Å². The highest BCUT2D eigenvalue weighted by Gasteiger charge is 2.42. The molecule has 18 heavy (non-hydrogen) atoms. The van der Waals surface area contributed by atoms with Crippen molar-refractivity contribution in [2.75, 3.05) is 13.1 Å². The molecule has 104 valence electrons. The Hall–Kier alpha value is -0.770. The number of hydrogen-bond acceptors (Lipinski definition) is 3. The molecule has 0 radical (unpaired) electrons. The van der Waals surface area contributed by atoms with Gasteiger partial charge in [-0.05, 0) is 46.0 Å². The first-order valence-electron chi connectivity index (χ1n) is 7.07. The SMILES string of the molecule is CC(C)(C)OC(=O)N1CCC(C2(N)CCCC2)C1. The van der Waals surface area contributed by atoms with Gasteiger partial charge < -0.3 is 15.4 Å². The van der Waals surface area contributed by atoms with Crippen molar-refractivity contribution in [1.82, 2.24) is 4.90 Å². The molecule has 1 atom stereocenters. The summed E-state index contributed by atoms with van der Waals surface area (Å²) in [7, 11) is 0. The number of amides is 1. The van der Waals surface area contributed by atoms with E-state index in [1.165, 1.54) is 12.8 Å². The topological polar surface area (TPSA) is 55.6 Å². The third-order valence-electron chi connectivity index (χ3n) is 4.19. The molecule has 0 bridgehead atoms. The third kappa shape index (κ3) is 2.97. The fourth-order valence-corrected chi connectivity index (χ4v) is 3.16. The maximum atomic E-state index is 12.0. The summed E-state index contributed by atoms with van der Waals surface area (Å²) in [6, 6.07) is 0. The zero-order valence-electron chi connectivity index (χ0n) is 11.9. The van der Waals surface area contributed by atoms with Gasteiger partial charge in [-0.1, -0.05) is 12.8 Å². The minimum Gasteiger partial charge on any atom is -0.444 e. The molecule has 4 nitrogen and oxygen atoms in total. The van der Waals surface area contributed by atoms with Crippen LogP contribution in [0.2, 0.25) is 0 Å². The van der Waals surface area contributed by atoms with E-state index in [0.717, 1.165) is 32.4 Å². The Labute approximate surface area is 110 Å². The quantitative estimate of drug-likeness (QED) is 0.782. The summed E-state index contributed by atoms with van der Waals surface area (Å²) >= 11 is 0. The fourth-order valence-electron chi connectivity index (χ4n) is 3.16. The van der Waals surface area contributed by atoms with E-state index in [1.807, 2.05) is 25.7 Å². The highest BCUT2D eigenvalue weighted by atomic mass is 16.6. The van der Waals surface area contributed by atoms with Gasteiger partial charge in [-0.25, -0.2) is 4.79 Å². The summed E-state index contributed by atoms with van der Waals surface area (Å²) in [5.41, 5.74) is 6.03. The lowest BCUT2D eigenvalue weighted by atomic mass is 9.83. The summed E-state index contributed by atoms with van der Waals surface area (Å²) in [5.74, 6) is 0.451. The van der Waals surface area contributed by atoms with E-state index < -0.39 is 5.60 Å². The highest BCUT2D eigenvalue weighted by molar-refractivity contribution is 5.68. The van der Waals surface area contributed by atoms with Crippen LogP contribution < -0.4 is 5.73 Å². The van der Waals surface area contributed by atoms with Crippen LogP contribution in [0.15, 0.2) is 0 Å². The van der Waals surface area contributed by atoms with E-state index >= 15 is 0 Å². The van der Waals surface area contributed by atoms with Crippen molar-refractivity contribution in [3.05, 3.63) is 0 Å². The summed E-state index contributed by atoms with van der Waals surface area (Å²) in [5, 5.41) is 0. The van der Waals surface area contributed by atoms with Crippen LogP contribution in [0.5, 0.6) is 0 Å². The van der Waals surface area contributed by atoms with Gasteiger partial charge in [-0.2, -0.15) is 0 Å². The number of likely N-dealkylation sites (tertiary alicyclic amines) is 1. The van der Waals surface area contributed by atoms with Crippen molar-refractivity contribution in [3.8, 4) is 0 Å². The Kier molecular flexibility index (Phi) is 3.58. The minimum atomic E-state index is -0.414. The maximum absolute atomic E-state index is 12.0. The standard InChI is InChI=1S/C14H26N2O2/c1-13(2,3)18-12(17)16-9-6-11(10-16)14(15)7-4-5-8-14/h11H,4-10,15H2,1-3H3. The van der Waals surface area contributed by atoms with Gasteiger partial charge in [0.05, 0.1) is 0 Å². The molecule has 1 saturated carbocycles. The highest BCUT2D eigenvalue weighted by Crippen LogP contribution is 2.38. The Morgan fingerprint density at radius 3 is 2.50 bits per heavy atom. The van der Waals surface area contributed by atoms with E-state index in [0.29, 0.717) is 5.92 Å². The molecule has 1 heterocycles. The molecular weight excluding hydrogens is 228 g/mol. The van der Waals surface area contributed by atoms with Crippen molar-refractivity contribution in [2.24, 2.45) is 11.7 Å². The number of nitrogens with two attached hydrogens (primary N) is 1. The van der Waals surface area contributed by atoms with Crippen LogP contribution in [0, 0.1) is 5.92 Å². The molecule has 2 N–H and O–H groups in total. The maximum Gasteiger partial charge on any atom is 0.410 e. The summed E-state index contributed by atoms with van der Waals surface area (Å²) < 4.78 is 5.41. The van der Waals surface area contributed by atoms with Gasteiger partial charge in [0, 0.05) is 18.6 Å². The molecule has 2 aliphatic rings. The van der Waals surface area contributed by atoms with E-state index in [-0.39, 0.29) is 11.6 Å². The first-order valence-corrected chi connectivity index (χ1v) is 7.07. The normalized spacial score (nSPS) is 27.6. The number of ether oxygens (including phenoxy) is 1. The van der Waals surface area contributed by atoms with Gasteiger partial charge in [-0.3, -0.25) is 0 Å². The fraction of sp³-hybridized carbons (Fsp3) is 0.929. The first-order chi connectivity index (χ1) is 8.30. The predicted molar refractivity (Wildman–Crippen MR) is 71.3 cm³/mol. The second-order valence-corrected chi connectivity index (χ2v) is 6.85. The van der Waals surface area contributed by atoms with Crippen LogP contribution in [0.3, 0.4) is 0 Å². The summed E-state index contributed by atoms with van der Waals surface area (Å²) in [6.07, 6.45) is 5.53. The molecule has 1 amide bonds. The first kappa shape index (κ1) is 13.7. The lowest BCUT2D eigenvalue weighted by Crippen LogP contribution is -2.46. The van der Waals surface area contributed by atoms with E-state index in [1.54, 1.807) is 0 Å². The molecular formula is C14H26N2O2. The average Bonchev–Trinajstić information content (AvgIpc) is 2.83. The molecule has 0 aromatic carbocycles. The van der Waals surface area contributed by atoms with Crippen molar-refractivity contribution >= 4 is 6.09 Å². The predicted octanol–water partition coefficient (Wildman–Crippen LogP) is 2.51. The molecule has 2 rings (SSSR count). The number of nitrogens with zero attached hydrogens (tertiary/aromatic N) is 1. The summed E-state index contributed by atoms with van der Waals surface area (Å²) in [6.45, 7) is 7.27. The average molecular weight is 254 g/mol. The third-order valence-corrected chi connectivity index (χ3v) is 4.19. The van der Waals surface area contributed by atoms with Crippen LogP contribution >= 0.6 is 0 Å². The van der Waals surface area contributed by atoms with Gasteiger partial charge in [0.2, 0.25) is 0 Å². The molecule has 1 aliphatic carbocycles. The van der Waals surface area contributed by atoms with Crippen molar-refractivity contribution in [1.29, 1.82) is 0 Å². The van der Waals surface area contributed by atoms with E-state index in [4.69, 9.17) is 10.5 Å². The van der Waals surface area contributed by atoms with Gasteiger partial charge in [0.25, 0.3) is 0 Å². The van der Waals surface area contributed by atoms with Crippen LogP contribution in [-0.4, -0.2) is 35.2 Å². The van der Waals surface area contributed by atoms with Crippen LogP contribution in [-0.2, 0) is 4.74 Å². The smallest absolute Gasteiger partial charge is 0.410 e. The molecule has 4 heteroatoms. The Morgan fingerprint density at radius 2 is 1.94 bits per heavy atom. The van der Waals surface area contributed by atoms with Crippen LogP contribution in [0.1, 0.15) is 52.9 Å². The monoisotopic (exact) mass is 254 g/mol. The molecule has 0 aromatic heterocycles. The van der Waals surface area contributed by atoms with Gasteiger partial charge in [-0.15, -0.1) is 0 Å². The number of rotatable bonds is 1. The largest absolute Gasteiger partial charge is 0.444 e. The molecule has 0 aromatic rings. The van der Waals surface area contributed by atoms with Gasteiger partial charge in [0.1, 0.15) is 5.60 Å². The Bertz CT molecular complexity index is 316. The van der Waals surface area contributed by atoms with Gasteiger partial charge in [0.15, 0.2) is 0 Å². The zero-order valence-corrected chi connectivity index (χ0v) is 11.9. The molecule has 1 saturated heterocycles. The minimum absolute atomic E-state index is 0.0310. The summed E-state index contributed by atoms with van der Waals surface area (Å²) in [4.78, 5) is 13.8. The van der Waals surface area contributed by atoms with Gasteiger partial charge >= 0.3 is 6.09 Å². The van der Waals surface area contributed by atoms with Crippen LogP contribution in [0.25, 0.3) is 0 Å². The zero-order chi connectivity index (χ0) is 13.4. The lowest BCUT2D eigenvalue weighted by Gasteiger charge is -2.31. The Balaban J connectivity index is 1.90. The second-order valence-electron chi connectivity index (χ2n) is 6.85. The van der Waals surface area contributed by atoms with Crippen molar-refractivity contribution < 1.29 is 9.53 Å². The van der Waals surface area contributed by atoms with Crippen molar-refractivity contribution in [2.45, 2.75) is 64.0 Å². The molecule has 1 aliphatic heterocycles. The number of carbonyl (C=O) groups excluding carboxylic acids is 1.